The quantitative estimate of drug-likeness (QED) is 0.620. The number of hydrogen-bond acceptors (Lipinski definition) is 4. The van der Waals surface area contributed by atoms with Crippen LogP contribution in [-0.2, 0) is 20.9 Å². The summed E-state index contributed by atoms with van der Waals surface area (Å²) in [6.45, 7) is 5.85. The summed E-state index contributed by atoms with van der Waals surface area (Å²) in [5.74, 6) is -0.376. The van der Waals surface area contributed by atoms with Gasteiger partial charge in [-0.15, -0.1) is 0 Å². The number of hydrogen-bond donors (Lipinski definition) is 0. The monoisotopic (exact) mass is 343 g/mol. The summed E-state index contributed by atoms with van der Waals surface area (Å²) in [6, 6.07) is 9.46. The molecule has 0 radical (unpaired) electrons. The molecule has 25 heavy (non-hydrogen) atoms. The Hall–Kier alpha value is -2.30. The highest BCUT2D eigenvalue weighted by atomic mass is 16.6. The molecule has 1 aromatic rings. The van der Waals surface area contributed by atoms with E-state index in [-0.39, 0.29) is 36.7 Å². The summed E-state index contributed by atoms with van der Waals surface area (Å²) in [6.07, 6.45) is 4.85. The van der Waals surface area contributed by atoms with Crippen molar-refractivity contribution < 1.29 is 19.1 Å². The Labute approximate surface area is 148 Å². The first-order valence-corrected chi connectivity index (χ1v) is 8.74. The first-order valence-electron chi connectivity index (χ1n) is 8.74. The highest BCUT2D eigenvalue weighted by molar-refractivity contribution is 5.75. The van der Waals surface area contributed by atoms with Crippen LogP contribution in [0, 0.1) is 5.92 Å². The number of esters is 1. The van der Waals surface area contributed by atoms with Gasteiger partial charge in [0.25, 0.3) is 0 Å². The predicted octanol–water partition coefficient (Wildman–Crippen LogP) is 3.68. The molecule has 0 aromatic heterocycles. The van der Waals surface area contributed by atoms with Gasteiger partial charge in [-0.25, -0.2) is 4.79 Å². The van der Waals surface area contributed by atoms with Crippen molar-refractivity contribution in [2.75, 3.05) is 0 Å². The number of nitrogens with zero attached hydrogens (tertiary/aromatic N) is 1. The molecule has 1 fully saturated rings. The van der Waals surface area contributed by atoms with E-state index in [1.165, 1.54) is 0 Å². The first-order chi connectivity index (χ1) is 11.8. The third kappa shape index (κ3) is 4.21. The van der Waals surface area contributed by atoms with Crippen molar-refractivity contribution in [2.45, 2.75) is 57.9 Å². The van der Waals surface area contributed by atoms with Crippen LogP contribution in [0.15, 0.2) is 42.5 Å². The standard InChI is InChI=1S/C20H25NO4/c1-20(2,3)25-19(23)21-16-9-10-17(21)12-15(11-16)18(22)24-13-14-7-5-4-6-8-14/h4-10,15-17H,11-13H2,1-3H3/t15-,16-,17+. The fraction of sp³-hybridized carbons (Fsp3) is 0.500. The fourth-order valence-electron chi connectivity index (χ4n) is 3.38. The highest BCUT2D eigenvalue weighted by Crippen LogP contribution is 2.36. The summed E-state index contributed by atoms with van der Waals surface area (Å²) < 4.78 is 11.0. The predicted molar refractivity (Wildman–Crippen MR) is 93.8 cm³/mol. The Balaban J connectivity index is 1.56. The normalized spacial score (nSPS) is 24.9. The molecule has 1 saturated heterocycles. The summed E-state index contributed by atoms with van der Waals surface area (Å²) in [7, 11) is 0. The average molecular weight is 343 g/mol. The van der Waals surface area contributed by atoms with Crippen LogP contribution in [0.5, 0.6) is 0 Å². The Morgan fingerprint density at radius 2 is 1.68 bits per heavy atom. The van der Waals surface area contributed by atoms with Crippen molar-refractivity contribution in [3.8, 4) is 0 Å². The maximum absolute atomic E-state index is 12.4. The second kappa shape index (κ2) is 6.90. The van der Waals surface area contributed by atoms with Gasteiger partial charge in [0.05, 0.1) is 18.0 Å². The lowest BCUT2D eigenvalue weighted by molar-refractivity contribution is -0.152. The lowest BCUT2D eigenvalue weighted by atomic mass is 9.90. The summed E-state index contributed by atoms with van der Waals surface area (Å²) in [4.78, 5) is 26.6. The van der Waals surface area contributed by atoms with Gasteiger partial charge in [-0.3, -0.25) is 9.69 Å². The van der Waals surface area contributed by atoms with E-state index in [0.29, 0.717) is 12.8 Å². The molecule has 2 heterocycles. The molecule has 3 rings (SSSR count). The first kappa shape index (κ1) is 17.5. The number of rotatable bonds is 3. The minimum Gasteiger partial charge on any atom is -0.461 e. The van der Waals surface area contributed by atoms with Gasteiger partial charge >= 0.3 is 12.1 Å². The van der Waals surface area contributed by atoms with Crippen molar-refractivity contribution in [3.05, 3.63) is 48.0 Å². The second-order valence-corrected chi connectivity index (χ2v) is 7.67. The zero-order valence-corrected chi connectivity index (χ0v) is 15.0. The van der Waals surface area contributed by atoms with Crippen LogP contribution in [0.4, 0.5) is 4.79 Å². The third-order valence-electron chi connectivity index (χ3n) is 4.48. The van der Waals surface area contributed by atoms with Crippen molar-refractivity contribution in [2.24, 2.45) is 5.92 Å². The number of amides is 1. The molecule has 2 aliphatic heterocycles. The molecule has 0 saturated carbocycles. The summed E-state index contributed by atoms with van der Waals surface area (Å²) in [5.41, 5.74) is 0.449. The molecule has 3 atom stereocenters. The van der Waals surface area contributed by atoms with E-state index in [9.17, 15) is 9.59 Å². The number of carbonyl (C=O) groups is 2. The Bertz CT molecular complexity index is 646. The molecule has 1 amide bonds. The van der Waals surface area contributed by atoms with E-state index < -0.39 is 5.60 Å². The summed E-state index contributed by atoms with van der Waals surface area (Å²) >= 11 is 0. The number of ether oxygens (including phenoxy) is 2. The SMILES string of the molecule is CC(C)(C)OC(=O)N1[C@@H]2C=C[C@H]1C[C@H](C(=O)OCc1ccccc1)C2. The molecular weight excluding hydrogens is 318 g/mol. The largest absolute Gasteiger partial charge is 0.461 e. The lowest BCUT2D eigenvalue weighted by Crippen LogP contribution is -2.50. The van der Waals surface area contributed by atoms with Gasteiger partial charge in [0.15, 0.2) is 0 Å². The molecule has 0 spiro atoms. The number of fused-ring (bicyclic) bond motifs is 2. The van der Waals surface area contributed by atoms with Crippen LogP contribution in [0.25, 0.3) is 0 Å². The van der Waals surface area contributed by atoms with E-state index in [2.05, 4.69) is 0 Å². The maximum atomic E-state index is 12.4. The van der Waals surface area contributed by atoms with Crippen LogP contribution in [0.2, 0.25) is 0 Å². The molecule has 5 heteroatoms. The topological polar surface area (TPSA) is 55.8 Å². The molecule has 0 unspecified atom stereocenters. The van der Waals surface area contributed by atoms with Crippen LogP contribution in [0.3, 0.4) is 0 Å². The van der Waals surface area contributed by atoms with Gasteiger partial charge in [0, 0.05) is 0 Å². The zero-order chi connectivity index (χ0) is 18.0. The fourth-order valence-corrected chi connectivity index (χ4v) is 3.38. The molecule has 1 aromatic carbocycles. The molecule has 2 bridgehead atoms. The molecule has 5 nitrogen and oxygen atoms in total. The number of benzene rings is 1. The van der Waals surface area contributed by atoms with Crippen LogP contribution in [0.1, 0.15) is 39.2 Å². The van der Waals surface area contributed by atoms with Crippen molar-refractivity contribution >= 4 is 12.1 Å². The van der Waals surface area contributed by atoms with Gasteiger partial charge in [0.1, 0.15) is 12.2 Å². The van der Waals surface area contributed by atoms with Gasteiger partial charge in [-0.2, -0.15) is 0 Å². The Kier molecular flexibility index (Phi) is 4.84. The lowest BCUT2D eigenvalue weighted by Gasteiger charge is -2.38. The van der Waals surface area contributed by atoms with Gasteiger partial charge < -0.3 is 9.47 Å². The average Bonchev–Trinajstić information content (AvgIpc) is 2.82. The van der Waals surface area contributed by atoms with Crippen LogP contribution in [-0.4, -0.2) is 34.6 Å². The maximum Gasteiger partial charge on any atom is 0.411 e. The molecule has 134 valence electrons. The second-order valence-electron chi connectivity index (χ2n) is 7.67. The minimum absolute atomic E-state index is 0.0946. The molecule has 0 aliphatic carbocycles. The Morgan fingerprint density at radius 3 is 2.24 bits per heavy atom. The van der Waals surface area contributed by atoms with Crippen molar-refractivity contribution in [3.63, 3.8) is 0 Å². The van der Waals surface area contributed by atoms with Crippen LogP contribution < -0.4 is 0 Å². The van der Waals surface area contributed by atoms with E-state index in [1.807, 2.05) is 63.3 Å². The number of piperidine rings is 1. The van der Waals surface area contributed by atoms with E-state index in [0.717, 1.165) is 5.56 Å². The molecule has 0 N–H and O–H groups in total. The smallest absolute Gasteiger partial charge is 0.411 e. The van der Waals surface area contributed by atoms with E-state index in [1.54, 1.807) is 4.90 Å². The third-order valence-corrected chi connectivity index (χ3v) is 4.48. The minimum atomic E-state index is -0.526. The molecule has 2 aliphatic rings. The zero-order valence-electron chi connectivity index (χ0n) is 15.0. The van der Waals surface area contributed by atoms with E-state index in [4.69, 9.17) is 9.47 Å². The summed E-state index contributed by atoms with van der Waals surface area (Å²) in [5, 5.41) is 0. The highest BCUT2D eigenvalue weighted by Gasteiger charge is 2.44. The van der Waals surface area contributed by atoms with E-state index >= 15 is 0 Å². The van der Waals surface area contributed by atoms with Crippen LogP contribution >= 0.6 is 0 Å². The Morgan fingerprint density at radius 1 is 1.08 bits per heavy atom. The van der Waals surface area contributed by atoms with Crippen molar-refractivity contribution in [1.29, 1.82) is 0 Å². The number of carbonyl (C=O) groups excluding carboxylic acids is 2. The van der Waals surface area contributed by atoms with Gasteiger partial charge in [0.2, 0.25) is 0 Å². The van der Waals surface area contributed by atoms with Crippen molar-refractivity contribution in [1.82, 2.24) is 4.90 Å². The van der Waals surface area contributed by atoms with Gasteiger partial charge in [-0.1, -0.05) is 42.5 Å². The molecular formula is C20H25NO4. The van der Waals surface area contributed by atoms with Gasteiger partial charge in [-0.05, 0) is 39.2 Å².